The fourth-order valence-corrected chi connectivity index (χ4v) is 3.20. The summed E-state index contributed by atoms with van der Waals surface area (Å²) in [5, 5.41) is 9.10. The minimum Gasteiger partial charge on any atom is -0.315 e. The summed E-state index contributed by atoms with van der Waals surface area (Å²) < 4.78 is 0.121. The number of thiocarbonyl (C=S) groups is 1. The Kier molecular flexibility index (Phi) is 5.77. The Labute approximate surface area is 137 Å². The third kappa shape index (κ3) is 6.03. The summed E-state index contributed by atoms with van der Waals surface area (Å²) in [4.78, 5) is 6.25. The second-order valence-corrected chi connectivity index (χ2v) is 9.07. The van der Waals surface area contributed by atoms with Crippen LogP contribution < -0.4 is 4.90 Å². The van der Waals surface area contributed by atoms with Crippen molar-refractivity contribution in [1.29, 1.82) is 5.26 Å². The van der Waals surface area contributed by atoms with Gasteiger partial charge in [0.15, 0.2) is 0 Å². The molecule has 0 aliphatic rings. The maximum atomic E-state index is 9.10. The van der Waals surface area contributed by atoms with E-state index >= 15 is 0 Å². The van der Waals surface area contributed by atoms with Gasteiger partial charge in [-0.2, -0.15) is 5.26 Å². The van der Waals surface area contributed by atoms with Crippen molar-refractivity contribution in [2.75, 3.05) is 11.9 Å². The first kappa shape index (κ1) is 17.9. The van der Waals surface area contributed by atoms with E-state index in [0.29, 0.717) is 4.32 Å². The second kappa shape index (κ2) is 6.76. The summed E-state index contributed by atoms with van der Waals surface area (Å²) in [7, 11) is 1.89. The number of pyridine rings is 1. The Hall–Kier alpha value is -1.12. The SMILES string of the molecule is CN(C(=S)SC(C)(C)C#N)c1cc(CC(C)(C)C)ccn1. The molecule has 0 unspecified atom stereocenters. The first-order chi connectivity index (χ1) is 9.54. The van der Waals surface area contributed by atoms with Gasteiger partial charge in [-0.1, -0.05) is 44.8 Å². The van der Waals surface area contributed by atoms with E-state index in [1.54, 1.807) is 0 Å². The van der Waals surface area contributed by atoms with Crippen LogP contribution in [0.4, 0.5) is 5.82 Å². The molecule has 114 valence electrons. The highest BCUT2D eigenvalue weighted by Crippen LogP contribution is 2.28. The minimum absolute atomic E-state index is 0.231. The lowest BCUT2D eigenvalue weighted by atomic mass is 9.88. The average Bonchev–Trinajstić information content (AvgIpc) is 2.35. The number of hydrogen-bond donors (Lipinski definition) is 0. The topological polar surface area (TPSA) is 39.9 Å². The van der Waals surface area contributed by atoms with E-state index in [1.165, 1.54) is 17.3 Å². The van der Waals surface area contributed by atoms with Crippen LogP contribution in [-0.2, 0) is 6.42 Å². The molecule has 0 amide bonds. The van der Waals surface area contributed by atoms with Gasteiger partial charge in [0.25, 0.3) is 0 Å². The molecule has 21 heavy (non-hydrogen) atoms. The summed E-state index contributed by atoms with van der Waals surface area (Å²) in [6.45, 7) is 10.4. The zero-order chi connectivity index (χ0) is 16.3. The quantitative estimate of drug-likeness (QED) is 0.770. The number of nitriles is 1. The van der Waals surface area contributed by atoms with Crippen LogP contribution in [0.25, 0.3) is 0 Å². The summed E-state index contributed by atoms with van der Waals surface area (Å²) >= 11 is 6.80. The van der Waals surface area contributed by atoms with Crippen molar-refractivity contribution in [1.82, 2.24) is 4.98 Å². The van der Waals surface area contributed by atoms with Gasteiger partial charge in [0, 0.05) is 13.2 Å². The molecule has 0 spiro atoms. The van der Waals surface area contributed by atoms with Crippen molar-refractivity contribution in [3.8, 4) is 6.07 Å². The standard InChI is InChI=1S/C16H23N3S2/c1-15(2,3)10-12-7-8-18-13(9-12)19(6)14(20)21-16(4,5)11-17/h7-9H,10H2,1-6H3. The fourth-order valence-electron chi connectivity index (χ4n) is 1.77. The van der Waals surface area contributed by atoms with E-state index in [4.69, 9.17) is 17.5 Å². The lowest BCUT2D eigenvalue weighted by Gasteiger charge is -2.24. The summed E-state index contributed by atoms with van der Waals surface area (Å²) in [6.07, 6.45) is 2.80. The Morgan fingerprint density at radius 3 is 2.52 bits per heavy atom. The molecule has 0 aliphatic heterocycles. The normalized spacial score (nSPS) is 11.9. The molecule has 0 radical (unpaired) electrons. The lowest BCUT2D eigenvalue weighted by Crippen LogP contribution is -2.27. The highest BCUT2D eigenvalue weighted by atomic mass is 32.2. The van der Waals surface area contributed by atoms with Crippen molar-refractivity contribution < 1.29 is 0 Å². The molecule has 0 fully saturated rings. The Morgan fingerprint density at radius 1 is 1.38 bits per heavy atom. The number of thioether (sulfide) groups is 1. The number of aromatic nitrogens is 1. The van der Waals surface area contributed by atoms with Crippen molar-refractivity contribution in [3.63, 3.8) is 0 Å². The smallest absolute Gasteiger partial charge is 0.143 e. The van der Waals surface area contributed by atoms with E-state index in [1.807, 2.05) is 38.1 Å². The van der Waals surface area contributed by atoms with E-state index in [0.717, 1.165) is 12.2 Å². The molecular formula is C16H23N3S2. The highest BCUT2D eigenvalue weighted by molar-refractivity contribution is 8.24. The number of anilines is 1. The molecule has 1 aromatic heterocycles. The maximum Gasteiger partial charge on any atom is 0.143 e. The average molecular weight is 322 g/mol. The molecule has 0 bridgehead atoms. The molecule has 1 aromatic rings. The summed E-state index contributed by atoms with van der Waals surface area (Å²) in [5.41, 5.74) is 1.47. The van der Waals surface area contributed by atoms with Gasteiger partial charge in [-0.05, 0) is 43.4 Å². The first-order valence-electron chi connectivity index (χ1n) is 6.87. The van der Waals surface area contributed by atoms with Gasteiger partial charge in [0.2, 0.25) is 0 Å². The van der Waals surface area contributed by atoms with E-state index in [-0.39, 0.29) is 5.41 Å². The van der Waals surface area contributed by atoms with Crippen molar-refractivity contribution in [2.24, 2.45) is 5.41 Å². The van der Waals surface area contributed by atoms with Gasteiger partial charge in [-0.15, -0.1) is 0 Å². The number of hydrogen-bond acceptors (Lipinski definition) is 4. The molecule has 0 aromatic carbocycles. The summed E-state index contributed by atoms with van der Waals surface area (Å²) in [6, 6.07) is 6.36. The van der Waals surface area contributed by atoms with Gasteiger partial charge in [-0.25, -0.2) is 4.98 Å². The highest BCUT2D eigenvalue weighted by Gasteiger charge is 2.23. The largest absolute Gasteiger partial charge is 0.315 e. The molecule has 1 heterocycles. The molecule has 0 N–H and O–H groups in total. The van der Waals surface area contributed by atoms with Crippen LogP contribution >= 0.6 is 24.0 Å². The third-order valence-electron chi connectivity index (χ3n) is 2.77. The van der Waals surface area contributed by atoms with Crippen molar-refractivity contribution in [2.45, 2.75) is 45.8 Å². The van der Waals surface area contributed by atoms with Gasteiger partial charge < -0.3 is 4.90 Å². The third-order valence-corrected chi connectivity index (χ3v) is 4.35. The molecular weight excluding hydrogens is 298 g/mol. The first-order valence-corrected chi connectivity index (χ1v) is 8.09. The van der Waals surface area contributed by atoms with Gasteiger partial charge in [0.1, 0.15) is 14.9 Å². The molecule has 0 aliphatic carbocycles. The Morgan fingerprint density at radius 2 is 2.00 bits per heavy atom. The van der Waals surface area contributed by atoms with Crippen LogP contribution in [0, 0.1) is 16.7 Å². The van der Waals surface area contributed by atoms with Crippen LogP contribution in [0.5, 0.6) is 0 Å². The predicted molar refractivity (Wildman–Crippen MR) is 95.7 cm³/mol. The maximum absolute atomic E-state index is 9.10. The molecule has 5 heteroatoms. The van der Waals surface area contributed by atoms with E-state index in [9.17, 15) is 0 Å². The van der Waals surface area contributed by atoms with Crippen LogP contribution in [0.1, 0.15) is 40.2 Å². The lowest BCUT2D eigenvalue weighted by molar-refractivity contribution is 0.411. The monoisotopic (exact) mass is 321 g/mol. The van der Waals surface area contributed by atoms with Crippen LogP contribution in [0.15, 0.2) is 18.3 Å². The summed E-state index contributed by atoms with van der Waals surface area (Å²) in [5.74, 6) is 0.822. The Bertz CT molecular complexity index is 553. The van der Waals surface area contributed by atoms with E-state index in [2.05, 4.69) is 37.9 Å². The molecule has 1 rings (SSSR count). The molecule has 0 atom stereocenters. The van der Waals surface area contributed by atoms with Gasteiger partial charge in [-0.3, -0.25) is 0 Å². The molecule has 0 saturated carbocycles. The van der Waals surface area contributed by atoms with Gasteiger partial charge >= 0.3 is 0 Å². The minimum atomic E-state index is -0.533. The fraction of sp³-hybridized carbons (Fsp3) is 0.562. The zero-order valence-electron chi connectivity index (χ0n) is 13.6. The predicted octanol–water partition coefficient (Wildman–Crippen LogP) is 4.43. The molecule has 3 nitrogen and oxygen atoms in total. The van der Waals surface area contributed by atoms with Crippen molar-refractivity contribution >= 4 is 34.1 Å². The number of rotatable bonds is 3. The Balaban J connectivity index is 2.88. The van der Waals surface area contributed by atoms with Crippen LogP contribution in [0.3, 0.4) is 0 Å². The second-order valence-electron chi connectivity index (χ2n) is 6.81. The number of nitrogens with zero attached hydrogens (tertiary/aromatic N) is 3. The molecule has 0 saturated heterocycles. The van der Waals surface area contributed by atoms with E-state index < -0.39 is 4.75 Å². The van der Waals surface area contributed by atoms with Gasteiger partial charge in [0.05, 0.1) is 6.07 Å². The van der Waals surface area contributed by atoms with Crippen molar-refractivity contribution in [3.05, 3.63) is 23.9 Å². The van der Waals surface area contributed by atoms with Crippen LogP contribution in [0.2, 0.25) is 0 Å². The van der Waals surface area contributed by atoms with Crippen LogP contribution in [-0.4, -0.2) is 21.1 Å². The zero-order valence-corrected chi connectivity index (χ0v) is 15.2.